The fraction of sp³-hybridized carbons (Fsp3) is 1.00. The molecule has 4 heteroatoms. The van der Waals surface area contributed by atoms with E-state index in [0.717, 1.165) is 5.16 Å². The quantitative estimate of drug-likeness (QED) is 0.686. The zero-order valence-corrected chi connectivity index (χ0v) is 14.5. The summed E-state index contributed by atoms with van der Waals surface area (Å²) in [6.07, 6.45) is 0. The molecule has 0 bridgehead atoms. The Bertz CT molecular complexity index is 193. The summed E-state index contributed by atoms with van der Waals surface area (Å²) >= 11 is 0. The van der Waals surface area contributed by atoms with Crippen molar-refractivity contribution in [2.24, 2.45) is 0 Å². The molecule has 0 spiro atoms. The van der Waals surface area contributed by atoms with Gasteiger partial charge < -0.3 is 4.43 Å². The largest absolute Gasteiger partial charge is 0.423 e. The lowest BCUT2D eigenvalue weighted by Gasteiger charge is -2.46. The van der Waals surface area contributed by atoms with Crippen LogP contribution in [-0.4, -0.2) is 30.6 Å². The number of rotatable bonds is 4. The monoisotopic (exact) mass is 248 g/mol. The maximum atomic E-state index is 6.03. The third kappa shape index (κ3) is 2.81. The van der Waals surface area contributed by atoms with Crippen molar-refractivity contribution in [3.8, 4) is 0 Å². The third-order valence-corrected chi connectivity index (χ3v) is 28.1. The van der Waals surface area contributed by atoms with Gasteiger partial charge in [-0.05, 0) is 11.7 Å². The minimum absolute atomic E-state index is 0.853. The molecule has 0 unspecified atom stereocenters. The molecule has 86 valence electrons. The predicted molar refractivity (Wildman–Crippen MR) is 74.7 cm³/mol. The van der Waals surface area contributed by atoms with Gasteiger partial charge in [-0.3, -0.25) is 0 Å². The van der Waals surface area contributed by atoms with Gasteiger partial charge in [0.05, 0.1) is 7.59 Å². The maximum absolute atomic E-state index is 6.03. The van der Waals surface area contributed by atoms with Crippen LogP contribution in [-0.2, 0) is 4.43 Å². The fourth-order valence-corrected chi connectivity index (χ4v) is 24.7. The van der Waals surface area contributed by atoms with Crippen LogP contribution in [0.15, 0.2) is 0 Å². The van der Waals surface area contributed by atoms with E-state index in [1.807, 2.05) is 7.11 Å². The highest BCUT2D eigenvalue weighted by atomic mass is 29.3. The van der Waals surface area contributed by atoms with Crippen molar-refractivity contribution in [1.29, 1.82) is 0 Å². The van der Waals surface area contributed by atoms with E-state index in [2.05, 4.69) is 52.8 Å². The first-order valence-electron chi connectivity index (χ1n) is 5.52. The van der Waals surface area contributed by atoms with Gasteiger partial charge >= 0.3 is 0 Å². The normalized spacial score (nSPS) is 20.4. The van der Waals surface area contributed by atoms with Gasteiger partial charge in [0.25, 0.3) is 0 Å². The topological polar surface area (TPSA) is 9.23 Å². The summed E-state index contributed by atoms with van der Waals surface area (Å²) in [6.45, 7) is 19.7. The molecule has 1 nitrogen and oxygen atoms in total. The van der Waals surface area contributed by atoms with E-state index in [1.54, 1.807) is 0 Å². The van der Waals surface area contributed by atoms with Crippen molar-refractivity contribution in [3.63, 3.8) is 0 Å². The molecule has 0 radical (unpaired) electrons. The summed E-state index contributed by atoms with van der Waals surface area (Å²) in [4.78, 5) is 0. The standard InChI is InChI=1S/C10H28OSi3/c1-10(12(3,4)5)14(9,11-2)13(6,7)8/h10H,1-9H3/t10-,14+/m1/s1. The van der Waals surface area contributed by atoms with Gasteiger partial charge in [-0.15, -0.1) is 0 Å². The Hall–Kier alpha value is 0.611. The van der Waals surface area contributed by atoms with Gasteiger partial charge in [0, 0.05) is 15.2 Å². The predicted octanol–water partition coefficient (Wildman–Crippen LogP) is 3.89. The van der Waals surface area contributed by atoms with Crippen LogP contribution in [0, 0.1) is 0 Å². The Balaban J connectivity index is 5.07. The molecule has 0 aromatic heterocycles. The average molecular weight is 249 g/mol. The van der Waals surface area contributed by atoms with Crippen LogP contribution >= 0.6 is 0 Å². The molecule has 0 aromatic carbocycles. The summed E-state index contributed by atoms with van der Waals surface area (Å²) in [5.74, 6) is 0. The molecule has 0 heterocycles. The Morgan fingerprint density at radius 1 is 0.857 bits per heavy atom. The van der Waals surface area contributed by atoms with Crippen LogP contribution < -0.4 is 0 Å². The zero-order chi connectivity index (χ0) is 11.8. The van der Waals surface area contributed by atoms with Crippen molar-refractivity contribution in [2.45, 2.75) is 57.9 Å². The minimum atomic E-state index is -1.46. The van der Waals surface area contributed by atoms with Crippen molar-refractivity contribution in [1.82, 2.24) is 0 Å². The molecule has 0 aliphatic rings. The van der Waals surface area contributed by atoms with Gasteiger partial charge in [-0.25, -0.2) is 0 Å². The fourth-order valence-electron chi connectivity index (χ4n) is 1.96. The SMILES string of the molecule is CO[Si@](C)([C@H](C)[Si](C)(C)C)[Si](C)(C)C. The van der Waals surface area contributed by atoms with E-state index >= 15 is 0 Å². The Kier molecular flexibility index (Phi) is 4.42. The highest BCUT2D eigenvalue weighted by molar-refractivity contribution is 7.41. The van der Waals surface area contributed by atoms with Gasteiger partial charge in [0.1, 0.15) is 0 Å². The zero-order valence-electron chi connectivity index (χ0n) is 11.5. The summed E-state index contributed by atoms with van der Waals surface area (Å²) in [6, 6.07) is 0. The van der Waals surface area contributed by atoms with E-state index in [4.69, 9.17) is 4.43 Å². The van der Waals surface area contributed by atoms with E-state index in [1.165, 1.54) is 0 Å². The number of hydrogen-bond acceptors (Lipinski definition) is 1. The summed E-state index contributed by atoms with van der Waals surface area (Å²) in [5, 5.41) is 0.853. The second kappa shape index (κ2) is 4.23. The van der Waals surface area contributed by atoms with Crippen molar-refractivity contribution in [2.75, 3.05) is 7.11 Å². The first-order valence-corrected chi connectivity index (χ1v) is 16.1. The Morgan fingerprint density at radius 3 is 1.29 bits per heavy atom. The molecule has 0 aliphatic carbocycles. The van der Waals surface area contributed by atoms with Gasteiger partial charge in [0.15, 0.2) is 7.83 Å². The molecule has 0 saturated heterocycles. The van der Waals surface area contributed by atoms with E-state index in [0.29, 0.717) is 0 Å². The molecule has 0 saturated carbocycles. The van der Waals surface area contributed by atoms with Crippen molar-refractivity contribution >= 4 is 23.5 Å². The van der Waals surface area contributed by atoms with Gasteiger partial charge in [-0.1, -0.05) is 46.2 Å². The molecule has 0 amide bonds. The van der Waals surface area contributed by atoms with Crippen LogP contribution in [0.5, 0.6) is 0 Å². The van der Waals surface area contributed by atoms with Crippen LogP contribution in [0.1, 0.15) is 6.92 Å². The summed E-state index contributed by atoms with van der Waals surface area (Å²) in [7, 11) is -1.71. The van der Waals surface area contributed by atoms with Crippen molar-refractivity contribution in [3.05, 3.63) is 0 Å². The number of hydrogen-bond donors (Lipinski definition) is 0. The van der Waals surface area contributed by atoms with Crippen LogP contribution in [0.25, 0.3) is 0 Å². The molecular formula is C10H28OSi3. The molecule has 0 fully saturated rings. The molecule has 0 aromatic rings. The van der Waals surface area contributed by atoms with E-state index in [-0.39, 0.29) is 0 Å². The average Bonchev–Trinajstić information content (AvgIpc) is 1.97. The second-order valence-corrected chi connectivity index (χ2v) is 28.3. The van der Waals surface area contributed by atoms with E-state index < -0.39 is 23.5 Å². The molecule has 0 N–H and O–H groups in total. The van der Waals surface area contributed by atoms with Crippen LogP contribution in [0.2, 0.25) is 51.0 Å². The molecule has 14 heavy (non-hydrogen) atoms. The maximum Gasteiger partial charge on any atom is 0.176 e. The lowest BCUT2D eigenvalue weighted by molar-refractivity contribution is 0.410. The van der Waals surface area contributed by atoms with Crippen LogP contribution in [0.3, 0.4) is 0 Å². The molecular weight excluding hydrogens is 220 g/mol. The highest BCUT2D eigenvalue weighted by Gasteiger charge is 2.50. The van der Waals surface area contributed by atoms with Crippen molar-refractivity contribution < 1.29 is 4.43 Å². The summed E-state index contributed by atoms with van der Waals surface area (Å²) < 4.78 is 6.03. The lowest BCUT2D eigenvalue weighted by atomic mass is 10.9. The smallest absolute Gasteiger partial charge is 0.176 e. The minimum Gasteiger partial charge on any atom is -0.423 e. The van der Waals surface area contributed by atoms with Gasteiger partial charge in [0.2, 0.25) is 0 Å². The van der Waals surface area contributed by atoms with Gasteiger partial charge in [-0.2, -0.15) is 0 Å². The lowest BCUT2D eigenvalue weighted by Crippen LogP contribution is -2.63. The first-order chi connectivity index (χ1) is 5.97. The molecule has 0 rings (SSSR count). The first kappa shape index (κ1) is 14.6. The van der Waals surface area contributed by atoms with Crippen LogP contribution in [0.4, 0.5) is 0 Å². The Labute approximate surface area is 93.2 Å². The third-order valence-electron chi connectivity index (χ3n) is 4.04. The molecule has 0 aliphatic heterocycles. The Morgan fingerprint density at radius 2 is 1.21 bits per heavy atom. The highest BCUT2D eigenvalue weighted by Crippen LogP contribution is 2.37. The van der Waals surface area contributed by atoms with E-state index in [9.17, 15) is 0 Å². The summed E-state index contributed by atoms with van der Waals surface area (Å²) in [5.41, 5.74) is 0. The second-order valence-electron chi connectivity index (χ2n) is 6.65. The molecule has 2 atom stereocenters.